The van der Waals surface area contributed by atoms with Crippen LogP contribution in [0.3, 0.4) is 0 Å². The van der Waals surface area contributed by atoms with Gasteiger partial charge in [-0.2, -0.15) is 4.99 Å². The fourth-order valence-electron chi connectivity index (χ4n) is 4.66. The topological polar surface area (TPSA) is 66.8 Å². The first kappa shape index (κ1) is 21.4. The fraction of sp³-hybridized carbons (Fsp3) is 0.0769. The molecule has 1 saturated heterocycles. The molecular weight excluding hydrogens is 488 g/mol. The van der Waals surface area contributed by atoms with Crippen LogP contribution in [0.25, 0.3) is 10.8 Å². The molecule has 2 aliphatic rings. The van der Waals surface area contributed by atoms with Crippen molar-refractivity contribution < 1.29 is 13.2 Å². The standard InChI is InChI=1S/C26H17ClN2O3S2/c27-18-12-14-19(15-13-18)34(31,32)29-23-20-10-4-8-16-9-5-11-21(22(16)20)24(23)33-26(29)28-25(30)17-6-2-1-3-7-17/h1-15,23-24H/t23-,24+/m0/s1. The van der Waals surface area contributed by atoms with E-state index in [-0.39, 0.29) is 15.3 Å². The quantitative estimate of drug-likeness (QED) is 0.332. The summed E-state index contributed by atoms with van der Waals surface area (Å²) in [4.78, 5) is 17.4. The third kappa shape index (κ3) is 3.27. The Kier molecular flexibility index (Phi) is 5.02. The van der Waals surface area contributed by atoms with E-state index >= 15 is 0 Å². The third-order valence-corrected chi connectivity index (χ3v) is 9.56. The molecule has 0 N–H and O–H groups in total. The van der Waals surface area contributed by atoms with Gasteiger partial charge in [-0.25, -0.2) is 12.7 Å². The van der Waals surface area contributed by atoms with Crippen molar-refractivity contribution in [3.05, 3.63) is 113 Å². The number of hydrogen-bond acceptors (Lipinski definition) is 4. The number of carbonyl (C=O) groups is 1. The zero-order chi connectivity index (χ0) is 23.4. The van der Waals surface area contributed by atoms with Crippen LogP contribution in [0.15, 0.2) is 101 Å². The summed E-state index contributed by atoms with van der Waals surface area (Å²) in [6.45, 7) is 0. The number of hydrogen-bond donors (Lipinski definition) is 0. The van der Waals surface area contributed by atoms with Crippen molar-refractivity contribution in [3.8, 4) is 0 Å². The zero-order valence-electron chi connectivity index (χ0n) is 17.6. The van der Waals surface area contributed by atoms with Crippen LogP contribution >= 0.6 is 23.4 Å². The lowest BCUT2D eigenvalue weighted by molar-refractivity contribution is 0.100. The van der Waals surface area contributed by atoms with Crippen molar-refractivity contribution in [3.63, 3.8) is 0 Å². The lowest BCUT2D eigenvalue weighted by Crippen LogP contribution is -2.34. The van der Waals surface area contributed by atoms with Crippen molar-refractivity contribution in [2.24, 2.45) is 4.99 Å². The molecule has 1 fully saturated rings. The molecule has 0 saturated carbocycles. The van der Waals surface area contributed by atoms with Crippen LogP contribution in [-0.4, -0.2) is 23.8 Å². The van der Waals surface area contributed by atoms with Gasteiger partial charge in [-0.15, -0.1) is 0 Å². The zero-order valence-corrected chi connectivity index (χ0v) is 20.0. The SMILES string of the molecule is O=C(N=C1S[C@@H]2c3cccc4cccc(c34)[C@@H]2N1S(=O)(=O)c1ccc(Cl)cc1)c1ccccc1. The fourth-order valence-corrected chi connectivity index (χ4v) is 8.07. The molecule has 0 unspecified atom stereocenters. The van der Waals surface area contributed by atoms with Crippen LogP contribution in [0.1, 0.15) is 32.8 Å². The summed E-state index contributed by atoms with van der Waals surface area (Å²) in [5.41, 5.74) is 2.37. The van der Waals surface area contributed by atoms with E-state index in [0.29, 0.717) is 10.6 Å². The van der Waals surface area contributed by atoms with E-state index in [1.807, 2.05) is 42.5 Å². The number of rotatable bonds is 3. The maximum atomic E-state index is 14.0. The average Bonchev–Trinajstić information content (AvgIpc) is 3.37. The van der Waals surface area contributed by atoms with Crippen molar-refractivity contribution in [1.82, 2.24) is 4.31 Å². The number of fused-ring (bicyclic) bond motifs is 3. The first-order valence-corrected chi connectivity index (χ1v) is 13.3. The van der Waals surface area contributed by atoms with Crippen LogP contribution in [0.2, 0.25) is 5.02 Å². The average molecular weight is 505 g/mol. The van der Waals surface area contributed by atoms with Crippen LogP contribution in [0, 0.1) is 0 Å². The molecule has 2 atom stereocenters. The molecule has 4 aromatic rings. The monoisotopic (exact) mass is 504 g/mol. The van der Waals surface area contributed by atoms with E-state index in [1.165, 1.54) is 28.2 Å². The van der Waals surface area contributed by atoms with Gasteiger partial charge in [-0.3, -0.25) is 4.79 Å². The molecule has 1 heterocycles. The summed E-state index contributed by atoms with van der Waals surface area (Å²) in [7, 11) is -4.03. The number of amides is 1. The predicted molar refractivity (Wildman–Crippen MR) is 136 cm³/mol. The smallest absolute Gasteiger partial charge is 0.267 e. The van der Waals surface area contributed by atoms with Crippen molar-refractivity contribution >= 4 is 55.2 Å². The molecule has 0 radical (unpaired) electrons. The maximum absolute atomic E-state index is 14.0. The Balaban J connectivity index is 1.54. The second kappa shape index (κ2) is 7.98. The van der Waals surface area contributed by atoms with Gasteiger partial charge in [0.15, 0.2) is 5.17 Å². The Morgan fingerprint density at radius 3 is 2.24 bits per heavy atom. The van der Waals surface area contributed by atoms with Crippen LogP contribution < -0.4 is 0 Å². The molecule has 5 nitrogen and oxygen atoms in total. The maximum Gasteiger partial charge on any atom is 0.279 e. The number of carbonyl (C=O) groups excluding carboxylic acids is 1. The molecule has 0 bridgehead atoms. The number of benzene rings is 4. The first-order chi connectivity index (χ1) is 16.4. The Morgan fingerprint density at radius 2 is 1.53 bits per heavy atom. The molecule has 1 aliphatic carbocycles. The predicted octanol–water partition coefficient (Wildman–Crippen LogP) is 6.22. The number of amidine groups is 1. The highest BCUT2D eigenvalue weighted by molar-refractivity contribution is 8.15. The summed E-state index contributed by atoms with van der Waals surface area (Å²) >= 11 is 7.33. The number of nitrogens with zero attached hydrogens (tertiary/aromatic N) is 2. The molecule has 4 aromatic carbocycles. The Morgan fingerprint density at radius 1 is 0.853 bits per heavy atom. The highest BCUT2D eigenvalue weighted by atomic mass is 35.5. The summed E-state index contributed by atoms with van der Waals surface area (Å²) < 4.78 is 29.2. The van der Waals surface area contributed by atoms with E-state index < -0.39 is 22.0 Å². The molecule has 0 spiro atoms. The largest absolute Gasteiger partial charge is 0.279 e. The minimum atomic E-state index is -4.03. The number of aliphatic imine (C=N–C) groups is 1. The van der Waals surface area contributed by atoms with Gasteiger partial charge >= 0.3 is 0 Å². The summed E-state index contributed by atoms with van der Waals surface area (Å²) in [6, 6.07) is 26.2. The van der Waals surface area contributed by atoms with Gasteiger partial charge in [0, 0.05) is 10.6 Å². The Hall–Kier alpha value is -3.13. The summed E-state index contributed by atoms with van der Waals surface area (Å²) in [5.74, 6) is -0.481. The van der Waals surface area contributed by atoms with Crippen molar-refractivity contribution in [2.45, 2.75) is 16.2 Å². The summed E-state index contributed by atoms with van der Waals surface area (Å²) in [5, 5.41) is 2.54. The molecular formula is C26H17ClN2O3S2. The van der Waals surface area contributed by atoms with Gasteiger partial charge in [0.2, 0.25) is 0 Å². The molecule has 168 valence electrons. The Labute approximate surface area is 206 Å². The second-order valence-corrected chi connectivity index (χ2v) is 11.5. The highest BCUT2D eigenvalue weighted by Crippen LogP contribution is 2.60. The molecule has 8 heteroatoms. The van der Waals surface area contributed by atoms with Gasteiger partial charge in [0.25, 0.3) is 15.9 Å². The van der Waals surface area contributed by atoms with Gasteiger partial charge in [-0.05, 0) is 58.3 Å². The van der Waals surface area contributed by atoms with Gasteiger partial charge in [0.1, 0.15) is 0 Å². The van der Waals surface area contributed by atoms with Crippen LogP contribution in [0.5, 0.6) is 0 Å². The number of sulfonamides is 1. The minimum Gasteiger partial charge on any atom is -0.267 e. The van der Waals surface area contributed by atoms with E-state index in [0.717, 1.165) is 21.9 Å². The lowest BCUT2D eigenvalue weighted by Gasteiger charge is -2.25. The lowest BCUT2D eigenvalue weighted by atomic mass is 10.0. The van der Waals surface area contributed by atoms with Gasteiger partial charge < -0.3 is 0 Å². The van der Waals surface area contributed by atoms with E-state index in [2.05, 4.69) is 4.99 Å². The first-order valence-electron chi connectivity index (χ1n) is 10.6. The molecule has 6 rings (SSSR count). The molecule has 0 aromatic heterocycles. The van der Waals surface area contributed by atoms with Crippen molar-refractivity contribution in [2.75, 3.05) is 0 Å². The Bertz CT molecular complexity index is 1580. The van der Waals surface area contributed by atoms with E-state index in [9.17, 15) is 13.2 Å². The van der Waals surface area contributed by atoms with Gasteiger partial charge in [0.05, 0.1) is 16.2 Å². The van der Waals surface area contributed by atoms with Crippen LogP contribution in [-0.2, 0) is 10.0 Å². The molecule has 1 aliphatic heterocycles. The summed E-state index contributed by atoms with van der Waals surface area (Å²) in [6.07, 6.45) is 0. The number of thioether (sulfide) groups is 1. The van der Waals surface area contributed by atoms with Gasteiger partial charge in [-0.1, -0.05) is 78.0 Å². The minimum absolute atomic E-state index is 0.0983. The van der Waals surface area contributed by atoms with E-state index in [1.54, 1.807) is 36.4 Å². The van der Waals surface area contributed by atoms with Crippen molar-refractivity contribution in [1.29, 1.82) is 0 Å². The molecule has 34 heavy (non-hydrogen) atoms. The second-order valence-electron chi connectivity index (χ2n) is 8.10. The molecule has 1 amide bonds. The third-order valence-electron chi connectivity index (χ3n) is 6.14. The number of halogens is 1. The highest BCUT2D eigenvalue weighted by Gasteiger charge is 2.51. The van der Waals surface area contributed by atoms with Crippen LogP contribution in [0.4, 0.5) is 0 Å². The normalized spacial score (nSPS) is 20.1. The van der Waals surface area contributed by atoms with E-state index in [4.69, 9.17) is 11.6 Å².